The van der Waals surface area contributed by atoms with Gasteiger partial charge in [0.2, 0.25) is 5.91 Å². The third-order valence-electron chi connectivity index (χ3n) is 6.27. The maximum Gasteiger partial charge on any atom is 0.313 e. The van der Waals surface area contributed by atoms with Crippen LogP contribution in [-0.4, -0.2) is 22.5 Å². The molecule has 10 heteroatoms. The molecule has 3 aromatic carbocycles. The lowest BCUT2D eigenvalue weighted by molar-refractivity contribution is -0.126. The van der Waals surface area contributed by atoms with Gasteiger partial charge in [0.25, 0.3) is 5.91 Å². The molecule has 0 saturated carbocycles. The quantitative estimate of drug-likeness (QED) is 0.303. The molecule has 0 unspecified atom stereocenters. The van der Waals surface area contributed by atoms with E-state index in [2.05, 4.69) is 15.9 Å². The molecule has 0 spiro atoms. The van der Waals surface area contributed by atoms with Gasteiger partial charge in [-0.1, -0.05) is 75.3 Å². The first-order chi connectivity index (χ1) is 17.5. The summed E-state index contributed by atoms with van der Waals surface area (Å²) in [6.45, 7) is 0. The second kappa shape index (κ2) is 9.01. The van der Waals surface area contributed by atoms with Crippen LogP contribution in [0.2, 0.25) is 5.15 Å². The van der Waals surface area contributed by atoms with Gasteiger partial charge in [-0.05, 0) is 48.5 Å². The number of hydrogen-bond donors (Lipinski definition) is 0. The topological polar surface area (TPSA) is 71.9 Å². The average molecular weight is 583 g/mol. The van der Waals surface area contributed by atoms with Crippen LogP contribution >= 0.6 is 38.9 Å². The van der Waals surface area contributed by atoms with E-state index in [1.165, 1.54) is 9.63 Å². The van der Waals surface area contributed by atoms with E-state index in [-0.39, 0.29) is 10.0 Å². The van der Waals surface area contributed by atoms with Crippen LogP contribution in [0.3, 0.4) is 0 Å². The number of rotatable bonds is 4. The largest absolute Gasteiger partial charge is 0.313 e. The number of anilines is 2. The van der Waals surface area contributed by atoms with Crippen LogP contribution in [0.1, 0.15) is 10.9 Å². The van der Waals surface area contributed by atoms with E-state index >= 15 is 0 Å². The van der Waals surface area contributed by atoms with Gasteiger partial charge in [-0.15, -0.1) is 0 Å². The highest BCUT2D eigenvalue weighted by molar-refractivity contribution is 9.10. The minimum atomic E-state index is -1.05. The molecule has 0 N–H and O–H groups in total. The monoisotopic (exact) mass is 581 g/mol. The van der Waals surface area contributed by atoms with Gasteiger partial charge < -0.3 is 0 Å². The Kier molecular flexibility index (Phi) is 5.80. The number of hydrogen-bond acceptors (Lipinski definition) is 6. The normalized spacial score (nSPS) is 21.3. The molecule has 1 aromatic heterocycles. The molecular formula is C26H17BrClN3O4S. The lowest BCUT2D eigenvalue weighted by atomic mass is 9.95. The Balaban J connectivity index is 1.48. The molecule has 3 atom stereocenters. The molecule has 3 heterocycles. The number of nitrogens with zero attached hydrogens (tertiary/aromatic N) is 3. The highest BCUT2D eigenvalue weighted by Gasteiger charge is 2.61. The second-order valence-corrected chi connectivity index (χ2v) is 10.6. The lowest BCUT2D eigenvalue weighted by Gasteiger charge is -2.28. The van der Waals surface area contributed by atoms with Gasteiger partial charge in [-0.25, -0.2) is 9.96 Å². The summed E-state index contributed by atoms with van der Waals surface area (Å²) in [5.41, 5.74) is 1.72. The number of carbonyl (C=O) groups excluding carboxylic acids is 2. The third kappa shape index (κ3) is 3.62. The number of fused-ring (bicyclic) bond motifs is 1. The molecule has 4 aromatic rings. The van der Waals surface area contributed by atoms with E-state index in [0.29, 0.717) is 21.9 Å². The van der Waals surface area contributed by atoms with E-state index in [0.717, 1.165) is 20.7 Å². The van der Waals surface area contributed by atoms with Gasteiger partial charge >= 0.3 is 4.87 Å². The maximum absolute atomic E-state index is 13.8. The number of halogens is 2. The molecule has 0 radical (unpaired) electrons. The predicted molar refractivity (Wildman–Crippen MR) is 142 cm³/mol. The summed E-state index contributed by atoms with van der Waals surface area (Å²) in [4.78, 5) is 47.8. The second-order valence-electron chi connectivity index (χ2n) is 8.34. The van der Waals surface area contributed by atoms with Gasteiger partial charge in [0.05, 0.1) is 21.9 Å². The van der Waals surface area contributed by atoms with Crippen molar-refractivity contribution in [3.05, 3.63) is 109 Å². The molecule has 0 aliphatic carbocycles. The fraction of sp³-hybridized carbons (Fsp3) is 0.115. The van der Waals surface area contributed by atoms with E-state index < -0.39 is 29.9 Å². The molecule has 2 saturated heterocycles. The highest BCUT2D eigenvalue weighted by atomic mass is 79.9. The number of amides is 2. The molecule has 0 bridgehead atoms. The zero-order chi connectivity index (χ0) is 25.0. The smallest absolute Gasteiger partial charge is 0.273 e. The molecule has 2 aliphatic heterocycles. The summed E-state index contributed by atoms with van der Waals surface area (Å²) in [6.07, 6.45) is -1.05. The summed E-state index contributed by atoms with van der Waals surface area (Å²) in [5.74, 6) is -1.75. The van der Waals surface area contributed by atoms with Crippen molar-refractivity contribution in [3.63, 3.8) is 0 Å². The van der Waals surface area contributed by atoms with E-state index in [1.807, 2.05) is 48.5 Å². The van der Waals surface area contributed by atoms with Gasteiger partial charge in [0, 0.05) is 4.47 Å². The van der Waals surface area contributed by atoms with Crippen LogP contribution in [0.5, 0.6) is 0 Å². The first kappa shape index (κ1) is 23.2. The summed E-state index contributed by atoms with van der Waals surface area (Å²) in [6, 6.07) is 24.4. The van der Waals surface area contributed by atoms with Crippen molar-refractivity contribution < 1.29 is 14.4 Å². The number of para-hydroxylation sites is 2. The zero-order valence-electron chi connectivity index (χ0n) is 18.5. The Labute approximate surface area is 223 Å². The van der Waals surface area contributed by atoms with Crippen molar-refractivity contribution in [3.8, 4) is 5.69 Å². The molecule has 2 fully saturated rings. The minimum Gasteiger partial charge on any atom is -0.273 e. The summed E-state index contributed by atoms with van der Waals surface area (Å²) in [5, 5.41) is 1.73. The molecule has 2 aliphatic rings. The van der Waals surface area contributed by atoms with Gasteiger partial charge in [-0.2, -0.15) is 0 Å². The average Bonchev–Trinajstić information content (AvgIpc) is 3.50. The predicted octanol–water partition coefficient (Wildman–Crippen LogP) is 5.37. The fourth-order valence-electron chi connectivity index (χ4n) is 4.67. The molecule has 180 valence electrons. The number of thiazole rings is 1. The van der Waals surface area contributed by atoms with Crippen LogP contribution in [0.25, 0.3) is 5.69 Å². The van der Waals surface area contributed by atoms with E-state index in [4.69, 9.17) is 16.4 Å². The summed E-state index contributed by atoms with van der Waals surface area (Å²) < 4.78 is 2.24. The Hall–Kier alpha value is -3.24. The van der Waals surface area contributed by atoms with Gasteiger partial charge in [0.15, 0.2) is 6.10 Å². The highest BCUT2D eigenvalue weighted by Crippen LogP contribution is 2.50. The summed E-state index contributed by atoms with van der Waals surface area (Å²) >= 11 is 11.1. The van der Waals surface area contributed by atoms with Crippen molar-refractivity contribution in [2.45, 2.75) is 12.1 Å². The number of carbonyl (C=O) groups is 2. The molecular weight excluding hydrogens is 566 g/mol. The molecule has 7 nitrogen and oxygen atoms in total. The van der Waals surface area contributed by atoms with Crippen molar-refractivity contribution in [1.29, 1.82) is 0 Å². The van der Waals surface area contributed by atoms with Crippen LogP contribution in [0.15, 0.2) is 94.2 Å². The van der Waals surface area contributed by atoms with Gasteiger partial charge in [0.1, 0.15) is 17.1 Å². The van der Waals surface area contributed by atoms with E-state index in [1.54, 1.807) is 36.4 Å². The standard InChI is InChI=1S/C26H17BrClN3O4S/c27-15-11-13-17(14-12-15)30-24(32)19-20(31(35-21(19)25(30)33)18-9-5-2-6-10-18)22-23(28)29(26(34)36-22)16-7-3-1-4-8-16/h1-14,19-21H/t19-,20-,21+/m0/s1. The minimum absolute atomic E-state index is 0.189. The Morgan fingerprint density at radius 3 is 2.03 bits per heavy atom. The fourth-order valence-corrected chi connectivity index (χ4v) is 6.41. The zero-order valence-corrected chi connectivity index (χ0v) is 21.6. The first-order valence-electron chi connectivity index (χ1n) is 11.1. The molecule has 6 rings (SSSR count). The van der Waals surface area contributed by atoms with Crippen LogP contribution < -0.4 is 14.8 Å². The SMILES string of the molecule is O=C1[C@H]2[C@@H](c3sc(=O)n(-c4ccccc4)c3Cl)N(c3ccccc3)O[C@H]2C(=O)N1c1ccc(Br)cc1. The number of benzene rings is 3. The molecule has 2 amide bonds. The van der Waals surface area contributed by atoms with Crippen molar-refractivity contribution >= 4 is 62.1 Å². The Morgan fingerprint density at radius 1 is 0.778 bits per heavy atom. The van der Waals surface area contributed by atoms with Crippen LogP contribution in [0, 0.1) is 5.92 Å². The molecule has 36 heavy (non-hydrogen) atoms. The number of imide groups is 1. The number of hydroxylamine groups is 1. The Bertz CT molecular complexity index is 1520. The number of aromatic nitrogens is 1. The van der Waals surface area contributed by atoms with E-state index in [9.17, 15) is 14.4 Å². The maximum atomic E-state index is 13.8. The summed E-state index contributed by atoms with van der Waals surface area (Å²) in [7, 11) is 0. The van der Waals surface area contributed by atoms with Crippen molar-refractivity contribution in [2.75, 3.05) is 9.96 Å². The van der Waals surface area contributed by atoms with Crippen LogP contribution in [-0.2, 0) is 14.4 Å². The van der Waals surface area contributed by atoms with Gasteiger partial charge in [-0.3, -0.25) is 23.8 Å². The lowest BCUT2D eigenvalue weighted by Crippen LogP contribution is -2.37. The first-order valence-corrected chi connectivity index (χ1v) is 13.1. The third-order valence-corrected chi connectivity index (χ3v) is 8.30. The van der Waals surface area contributed by atoms with Crippen molar-refractivity contribution in [1.82, 2.24) is 4.57 Å². The Morgan fingerprint density at radius 2 is 1.39 bits per heavy atom. The van der Waals surface area contributed by atoms with Crippen molar-refractivity contribution in [2.24, 2.45) is 5.92 Å². The van der Waals surface area contributed by atoms with Crippen LogP contribution in [0.4, 0.5) is 11.4 Å².